The Morgan fingerprint density at radius 2 is 1.14 bits per heavy atom. The zero-order valence-electron chi connectivity index (χ0n) is 22.3. The van der Waals surface area contributed by atoms with Gasteiger partial charge in [-0.3, -0.25) is 0 Å². The molecule has 0 N–H and O–H groups in total. The molecule has 0 amide bonds. The van der Waals surface area contributed by atoms with Crippen molar-refractivity contribution in [3.63, 3.8) is 0 Å². The van der Waals surface area contributed by atoms with Crippen LogP contribution in [0.4, 0.5) is 0 Å². The zero-order valence-corrected chi connectivity index (χ0v) is 23.1. The van der Waals surface area contributed by atoms with Crippen LogP contribution in [0.2, 0.25) is 0 Å². The molecular formula is C37H21N3OS. The highest BCUT2D eigenvalue weighted by Gasteiger charge is 2.17. The van der Waals surface area contributed by atoms with Gasteiger partial charge in [0.1, 0.15) is 11.2 Å². The molecule has 0 atom stereocenters. The van der Waals surface area contributed by atoms with Crippen molar-refractivity contribution in [2.75, 3.05) is 0 Å². The minimum atomic E-state index is 0.615. The summed E-state index contributed by atoms with van der Waals surface area (Å²) in [5.74, 6) is 1.92. The van der Waals surface area contributed by atoms with E-state index in [1.807, 2.05) is 36.4 Å². The van der Waals surface area contributed by atoms with Crippen molar-refractivity contribution in [2.24, 2.45) is 0 Å². The molecule has 0 fully saturated rings. The predicted molar refractivity (Wildman–Crippen MR) is 174 cm³/mol. The summed E-state index contributed by atoms with van der Waals surface area (Å²) in [6.07, 6.45) is 0. The van der Waals surface area contributed by atoms with Gasteiger partial charge in [0.05, 0.1) is 0 Å². The van der Waals surface area contributed by atoms with E-state index in [0.29, 0.717) is 17.5 Å². The van der Waals surface area contributed by atoms with Crippen LogP contribution in [0.1, 0.15) is 0 Å². The van der Waals surface area contributed by atoms with E-state index >= 15 is 0 Å². The summed E-state index contributed by atoms with van der Waals surface area (Å²) in [6, 6.07) is 43.9. The van der Waals surface area contributed by atoms with Crippen LogP contribution in [0.5, 0.6) is 0 Å². The number of rotatable bonds is 3. The summed E-state index contributed by atoms with van der Waals surface area (Å²) in [5, 5.41) is 7.00. The molecule has 3 heterocycles. The lowest BCUT2D eigenvalue weighted by Gasteiger charge is -2.09. The molecule has 0 aliphatic carbocycles. The number of nitrogens with zero attached hydrogens (tertiary/aromatic N) is 3. The highest BCUT2D eigenvalue weighted by Crippen LogP contribution is 2.40. The summed E-state index contributed by atoms with van der Waals surface area (Å²) in [7, 11) is 0. The predicted octanol–water partition coefficient (Wildman–Crippen LogP) is 10.3. The monoisotopic (exact) mass is 555 g/mol. The Labute approximate surface area is 244 Å². The lowest BCUT2D eigenvalue weighted by molar-refractivity contribution is 0.669. The molecule has 42 heavy (non-hydrogen) atoms. The maximum Gasteiger partial charge on any atom is 0.165 e. The van der Waals surface area contributed by atoms with Gasteiger partial charge in [-0.2, -0.15) is 0 Å². The first-order valence-electron chi connectivity index (χ1n) is 13.9. The lowest BCUT2D eigenvalue weighted by Crippen LogP contribution is -2.00. The van der Waals surface area contributed by atoms with E-state index < -0.39 is 0 Å². The minimum absolute atomic E-state index is 0.615. The molecule has 0 saturated heterocycles. The minimum Gasteiger partial charge on any atom is -0.456 e. The van der Waals surface area contributed by atoms with Crippen LogP contribution in [-0.2, 0) is 0 Å². The molecule has 0 unspecified atom stereocenters. The van der Waals surface area contributed by atoms with Crippen LogP contribution < -0.4 is 0 Å². The van der Waals surface area contributed by atoms with Crippen LogP contribution in [0.25, 0.3) is 87.0 Å². The van der Waals surface area contributed by atoms with Crippen LogP contribution in [0.3, 0.4) is 0 Å². The number of thiophene rings is 1. The number of hydrogen-bond acceptors (Lipinski definition) is 5. The fraction of sp³-hybridized carbons (Fsp3) is 0. The zero-order chi connectivity index (χ0) is 27.6. The van der Waals surface area contributed by atoms with E-state index in [9.17, 15) is 0 Å². The Morgan fingerprint density at radius 3 is 2.02 bits per heavy atom. The van der Waals surface area contributed by atoms with Gasteiger partial charge in [-0.25, -0.2) is 15.0 Å². The summed E-state index contributed by atoms with van der Waals surface area (Å²) in [4.78, 5) is 15.0. The molecule has 0 radical (unpaired) electrons. The Balaban J connectivity index is 1.27. The van der Waals surface area contributed by atoms with Crippen LogP contribution >= 0.6 is 11.3 Å². The Kier molecular flexibility index (Phi) is 5.03. The Bertz CT molecular complexity index is 2480. The molecule has 0 spiro atoms. The van der Waals surface area contributed by atoms with Crippen LogP contribution in [0.15, 0.2) is 132 Å². The van der Waals surface area contributed by atoms with Gasteiger partial charge < -0.3 is 4.42 Å². The molecule has 0 aliphatic rings. The molecule has 0 saturated carbocycles. The second kappa shape index (κ2) is 9.06. The largest absolute Gasteiger partial charge is 0.456 e. The van der Waals surface area contributed by atoms with E-state index in [0.717, 1.165) is 44.0 Å². The molecule has 5 heteroatoms. The normalized spacial score (nSPS) is 11.8. The van der Waals surface area contributed by atoms with Gasteiger partial charge >= 0.3 is 0 Å². The summed E-state index contributed by atoms with van der Waals surface area (Å²) in [5.41, 5.74) is 4.52. The van der Waals surface area contributed by atoms with Crippen molar-refractivity contribution >= 4 is 64.2 Å². The van der Waals surface area contributed by atoms with Crippen molar-refractivity contribution in [3.8, 4) is 34.2 Å². The van der Waals surface area contributed by atoms with Crippen LogP contribution in [-0.4, -0.2) is 15.0 Å². The van der Waals surface area contributed by atoms with Gasteiger partial charge in [-0.05, 0) is 47.2 Å². The molecule has 9 aromatic rings. The van der Waals surface area contributed by atoms with Crippen molar-refractivity contribution < 1.29 is 4.42 Å². The van der Waals surface area contributed by atoms with Crippen molar-refractivity contribution in [2.45, 2.75) is 0 Å². The maximum absolute atomic E-state index is 6.37. The van der Waals surface area contributed by atoms with E-state index in [1.165, 1.54) is 25.6 Å². The average Bonchev–Trinajstić information content (AvgIpc) is 3.61. The highest BCUT2D eigenvalue weighted by molar-refractivity contribution is 7.26. The van der Waals surface area contributed by atoms with Gasteiger partial charge in [-0.1, -0.05) is 91.0 Å². The standard InChI is InChI=1S/C37H21N3OS/c1-2-9-22(10-3-1)35-38-36(40-37(39-35)29-15-8-14-28-27-13-6-7-16-33(27)42-34(28)29)25-17-18-26-30-19-23-11-4-5-12-24(23)20-32(30)41-31(26)21-25/h1-21H. The first kappa shape index (κ1) is 23.3. The van der Waals surface area contributed by atoms with Gasteiger partial charge in [0.15, 0.2) is 17.5 Å². The topological polar surface area (TPSA) is 51.8 Å². The molecule has 3 aromatic heterocycles. The number of benzene rings is 6. The summed E-state index contributed by atoms with van der Waals surface area (Å²) in [6.45, 7) is 0. The van der Waals surface area contributed by atoms with Crippen molar-refractivity contribution in [1.82, 2.24) is 15.0 Å². The Hall–Kier alpha value is -5.39. The molecule has 6 aromatic carbocycles. The van der Waals surface area contributed by atoms with E-state index in [4.69, 9.17) is 19.4 Å². The molecule has 0 aliphatic heterocycles. The maximum atomic E-state index is 6.37. The molecule has 4 nitrogen and oxygen atoms in total. The van der Waals surface area contributed by atoms with Crippen molar-refractivity contribution in [1.29, 1.82) is 0 Å². The third-order valence-corrected chi connectivity index (χ3v) is 9.13. The third kappa shape index (κ3) is 3.64. The molecule has 0 bridgehead atoms. The molecule has 9 rings (SSSR count). The van der Waals surface area contributed by atoms with E-state index in [2.05, 4.69) is 91.0 Å². The first-order chi connectivity index (χ1) is 20.8. The SMILES string of the molecule is c1ccc(-c2nc(-c3ccc4c(c3)oc3cc5ccccc5cc34)nc(-c3cccc4c3sc3ccccc34)n2)cc1. The second-order valence-corrected chi connectivity index (χ2v) is 11.5. The quantitative estimate of drug-likeness (QED) is 0.218. The van der Waals surface area contributed by atoms with E-state index in [1.54, 1.807) is 11.3 Å². The number of furan rings is 1. The summed E-state index contributed by atoms with van der Waals surface area (Å²) < 4.78 is 8.80. The van der Waals surface area contributed by atoms with Crippen molar-refractivity contribution in [3.05, 3.63) is 127 Å². The highest BCUT2D eigenvalue weighted by atomic mass is 32.1. The number of aromatic nitrogens is 3. The average molecular weight is 556 g/mol. The third-order valence-electron chi connectivity index (χ3n) is 7.91. The van der Waals surface area contributed by atoms with Gasteiger partial charge in [0, 0.05) is 47.6 Å². The first-order valence-corrected chi connectivity index (χ1v) is 14.7. The summed E-state index contributed by atoms with van der Waals surface area (Å²) >= 11 is 1.78. The smallest absolute Gasteiger partial charge is 0.165 e. The van der Waals surface area contributed by atoms with Crippen LogP contribution in [0, 0.1) is 0 Å². The number of fused-ring (bicyclic) bond motifs is 7. The fourth-order valence-corrected chi connectivity index (χ4v) is 7.08. The lowest BCUT2D eigenvalue weighted by atomic mass is 10.1. The second-order valence-electron chi connectivity index (χ2n) is 10.5. The fourth-order valence-electron chi connectivity index (χ4n) is 5.87. The number of hydrogen-bond donors (Lipinski definition) is 0. The Morgan fingerprint density at radius 1 is 0.452 bits per heavy atom. The molecule has 196 valence electrons. The van der Waals surface area contributed by atoms with Gasteiger partial charge in [-0.15, -0.1) is 11.3 Å². The van der Waals surface area contributed by atoms with Gasteiger partial charge in [0.2, 0.25) is 0 Å². The molecular weight excluding hydrogens is 534 g/mol. The van der Waals surface area contributed by atoms with Gasteiger partial charge in [0.25, 0.3) is 0 Å². The van der Waals surface area contributed by atoms with E-state index in [-0.39, 0.29) is 0 Å².